The van der Waals surface area contributed by atoms with Crippen molar-refractivity contribution in [2.45, 2.75) is 0 Å². The highest BCUT2D eigenvalue weighted by Gasteiger charge is 2.13. The second kappa shape index (κ2) is 4.98. The van der Waals surface area contributed by atoms with Crippen molar-refractivity contribution in [3.05, 3.63) is 53.0 Å². The van der Waals surface area contributed by atoms with Crippen LogP contribution >= 0.6 is 11.3 Å². The predicted octanol–water partition coefficient (Wildman–Crippen LogP) is 3.31. The number of aromatic hydroxyl groups is 2. The Balaban J connectivity index is 2.00. The highest BCUT2D eigenvalue weighted by atomic mass is 32.1. The number of para-hydroxylation sites is 1. The van der Waals surface area contributed by atoms with Crippen LogP contribution in [0.2, 0.25) is 0 Å². The minimum Gasteiger partial charge on any atom is -0.508 e. The van der Waals surface area contributed by atoms with Gasteiger partial charge in [-0.05, 0) is 29.8 Å². The van der Waals surface area contributed by atoms with Crippen molar-refractivity contribution in [2.24, 2.45) is 7.05 Å². The lowest BCUT2D eigenvalue weighted by Crippen LogP contribution is -2.28. The zero-order valence-corrected chi connectivity index (χ0v) is 11.8. The molecule has 2 aromatic carbocycles. The summed E-state index contributed by atoms with van der Waals surface area (Å²) < 4.78 is 3.35. The highest BCUT2D eigenvalue weighted by Crippen LogP contribution is 2.24. The second-order valence-corrected chi connectivity index (χ2v) is 5.65. The number of hydrogen-bond acceptors (Lipinski definition) is 3. The maximum absolute atomic E-state index is 9.46. The van der Waals surface area contributed by atoms with E-state index in [1.165, 1.54) is 16.3 Å². The molecule has 3 nitrogen and oxygen atoms in total. The molecule has 4 heteroatoms. The van der Waals surface area contributed by atoms with Crippen LogP contribution in [0.4, 0.5) is 0 Å². The fourth-order valence-corrected chi connectivity index (χ4v) is 3.20. The van der Waals surface area contributed by atoms with E-state index in [1.54, 1.807) is 23.5 Å². The third kappa shape index (κ3) is 2.38. The summed E-state index contributed by atoms with van der Waals surface area (Å²) in [5, 5.41) is 20.0. The van der Waals surface area contributed by atoms with Gasteiger partial charge >= 0.3 is 0 Å². The molecule has 3 rings (SSSR count). The SMILES string of the molecule is C[n+]1c(/C=C/c2cc(O)cc(O)c2)sc2ccccc21. The molecule has 100 valence electrons. The molecule has 0 aliphatic rings. The van der Waals surface area contributed by atoms with Gasteiger partial charge in [0.25, 0.3) is 5.01 Å². The fraction of sp³-hybridized carbons (Fsp3) is 0.0625. The first kappa shape index (κ1) is 12.7. The van der Waals surface area contributed by atoms with Crippen LogP contribution in [0, 0.1) is 0 Å². The monoisotopic (exact) mass is 284 g/mol. The van der Waals surface area contributed by atoms with Gasteiger partial charge in [-0.25, -0.2) is 0 Å². The van der Waals surface area contributed by atoms with E-state index in [4.69, 9.17) is 0 Å². The van der Waals surface area contributed by atoms with Crippen LogP contribution in [0.15, 0.2) is 42.5 Å². The van der Waals surface area contributed by atoms with Crippen LogP contribution in [0.3, 0.4) is 0 Å². The first-order chi connectivity index (χ1) is 9.63. The van der Waals surface area contributed by atoms with E-state index in [2.05, 4.69) is 16.7 Å². The molecule has 3 aromatic rings. The first-order valence-electron chi connectivity index (χ1n) is 6.22. The number of phenols is 2. The van der Waals surface area contributed by atoms with Crippen LogP contribution in [0.1, 0.15) is 10.6 Å². The summed E-state index contributed by atoms with van der Waals surface area (Å²) in [6, 6.07) is 12.8. The molecule has 20 heavy (non-hydrogen) atoms. The van der Waals surface area contributed by atoms with Crippen LogP contribution < -0.4 is 4.57 Å². The van der Waals surface area contributed by atoms with Crippen molar-refractivity contribution >= 4 is 33.7 Å². The Bertz CT molecular complexity index is 785. The molecule has 0 radical (unpaired) electrons. The van der Waals surface area contributed by atoms with Crippen molar-refractivity contribution in [1.82, 2.24) is 0 Å². The van der Waals surface area contributed by atoms with Crippen molar-refractivity contribution in [3.63, 3.8) is 0 Å². The summed E-state index contributed by atoms with van der Waals surface area (Å²) in [6.07, 6.45) is 3.86. The lowest BCUT2D eigenvalue weighted by Gasteiger charge is -1.97. The molecule has 0 saturated heterocycles. The summed E-state index contributed by atoms with van der Waals surface area (Å²) in [5.41, 5.74) is 1.95. The molecule has 2 N–H and O–H groups in total. The van der Waals surface area contributed by atoms with Crippen LogP contribution in [0.25, 0.3) is 22.4 Å². The quantitative estimate of drug-likeness (QED) is 0.709. The van der Waals surface area contributed by atoms with Gasteiger partial charge in [-0.2, -0.15) is 4.57 Å². The number of rotatable bonds is 2. The van der Waals surface area contributed by atoms with Gasteiger partial charge in [0.2, 0.25) is 5.52 Å². The number of nitrogens with zero attached hydrogens (tertiary/aromatic N) is 1. The Morgan fingerprint density at radius 2 is 1.70 bits per heavy atom. The van der Waals surface area contributed by atoms with E-state index < -0.39 is 0 Å². The molecule has 0 bridgehead atoms. The molecule has 0 spiro atoms. The van der Waals surface area contributed by atoms with E-state index in [0.29, 0.717) is 0 Å². The largest absolute Gasteiger partial charge is 0.508 e. The Labute approximate surface area is 120 Å². The van der Waals surface area contributed by atoms with E-state index in [-0.39, 0.29) is 11.5 Å². The van der Waals surface area contributed by atoms with Gasteiger partial charge in [0.1, 0.15) is 23.2 Å². The average molecular weight is 284 g/mol. The molecule has 1 heterocycles. The Kier molecular flexibility index (Phi) is 3.16. The number of benzene rings is 2. The lowest BCUT2D eigenvalue weighted by atomic mass is 10.2. The van der Waals surface area contributed by atoms with Crippen LogP contribution in [-0.4, -0.2) is 10.2 Å². The highest BCUT2D eigenvalue weighted by molar-refractivity contribution is 7.18. The first-order valence-corrected chi connectivity index (χ1v) is 7.04. The predicted molar refractivity (Wildman–Crippen MR) is 81.7 cm³/mol. The van der Waals surface area contributed by atoms with Crippen LogP contribution in [-0.2, 0) is 7.05 Å². The van der Waals surface area contributed by atoms with Crippen LogP contribution in [0.5, 0.6) is 11.5 Å². The lowest BCUT2D eigenvalue weighted by molar-refractivity contribution is -0.642. The molecule has 0 aliphatic heterocycles. The maximum Gasteiger partial charge on any atom is 0.262 e. The van der Waals surface area contributed by atoms with Gasteiger partial charge in [0.05, 0.1) is 0 Å². The van der Waals surface area contributed by atoms with Crippen molar-refractivity contribution in [1.29, 1.82) is 0 Å². The molecule has 0 atom stereocenters. The summed E-state index contributed by atoms with van der Waals surface area (Å²) in [6.45, 7) is 0. The van der Waals surface area contributed by atoms with Gasteiger partial charge in [-0.3, -0.25) is 0 Å². The Morgan fingerprint density at radius 1 is 1.00 bits per heavy atom. The van der Waals surface area contributed by atoms with Gasteiger partial charge < -0.3 is 10.2 Å². The summed E-state index contributed by atoms with van der Waals surface area (Å²) in [5.74, 6) is 0.121. The van der Waals surface area contributed by atoms with Gasteiger partial charge in [0, 0.05) is 18.2 Å². The Hall–Kier alpha value is -2.33. The zero-order chi connectivity index (χ0) is 14.1. The number of phenolic OH excluding ortho intramolecular Hbond substituents is 2. The third-order valence-corrected chi connectivity index (χ3v) is 4.30. The molecule has 0 amide bonds. The number of thiazole rings is 1. The number of aryl methyl sites for hydroxylation is 1. The molecule has 0 unspecified atom stereocenters. The van der Waals surface area contributed by atoms with Gasteiger partial charge in [-0.15, -0.1) is 0 Å². The van der Waals surface area contributed by atoms with Crippen molar-refractivity contribution < 1.29 is 14.8 Å². The van der Waals surface area contributed by atoms with E-state index in [1.807, 2.05) is 31.3 Å². The van der Waals surface area contributed by atoms with Crippen molar-refractivity contribution in [2.75, 3.05) is 0 Å². The zero-order valence-electron chi connectivity index (χ0n) is 10.9. The third-order valence-electron chi connectivity index (χ3n) is 3.11. The molecular formula is C16H14NO2S+. The van der Waals surface area contributed by atoms with Gasteiger partial charge in [-0.1, -0.05) is 23.5 Å². The van der Waals surface area contributed by atoms with E-state index in [9.17, 15) is 10.2 Å². The van der Waals surface area contributed by atoms with E-state index in [0.717, 1.165) is 10.6 Å². The molecule has 1 aromatic heterocycles. The maximum atomic E-state index is 9.46. The normalized spacial score (nSPS) is 11.4. The van der Waals surface area contributed by atoms with Crippen molar-refractivity contribution in [3.8, 4) is 11.5 Å². The summed E-state index contributed by atoms with van der Waals surface area (Å²) >= 11 is 1.70. The molecule has 0 fully saturated rings. The number of aromatic nitrogens is 1. The topological polar surface area (TPSA) is 44.3 Å². The number of fused-ring (bicyclic) bond motifs is 1. The van der Waals surface area contributed by atoms with E-state index >= 15 is 0 Å². The number of hydrogen-bond donors (Lipinski definition) is 2. The smallest absolute Gasteiger partial charge is 0.262 e. The summed E-state index contributed by atoms with van der Waals surface area (Å²) in [7, 11) is 2.03. The minimum absolute atomic E-state index is 0.0605. The second-order valence-electron chi connectivity index (χ2n) is 4.58. The molecular weight excluding hydrogens is 270 g/mol. The van der Waals surface area contributed by atoms with Gasteiger partial charge in [0.15, 0.2) is 0 Å². The molecule has 0 saturated carbocycles. The molecule has 0 aliphatic carbocycles. The average Bonchev–Trinajstić information content (AvgIpc) is 2.73. The fourth-order valence-electron chi connectivity index (χ4n) is 2.15. The minimum atomic E-state index is 0.0605. The Morgan fingerprint density at radius 3 is 2.40 bits per heavy atom. The standard InChI is InChI=1S/C16H13NO2S/c1-17-14-4-2-3-5-15(14)20-16(17)7-6-11-8-12(18)10-13(19)9-11/h2-10H,1H3,(H-,18,19)/p+1/b7-6+. The summed E-state index contributed by atoms with van der Waals surface area (Å²) in [4.78, 5) is 0.